The van der Waals surface area contributed by atoms with Crippen LogP contribution in [0.1, 0.15) is 16.8 Å². The van der Waals surface area contributed by atoms with Crippen molar-refractivity contribution in [2.24, 2.45) is 0 Å². The molecule has 21 heavy (non-hydrogen) atoms. The largest absolute Gasteiger partial charge is 0.465 e. The van der Waals surface area contributed by atoms with Gasteiger partial charge in [-0.05, 0) is 36.3 Å². The SMILES string of the molecule is COC(=O)c1ccc(N2CCC(O)/C(=C/N(C)C)C2)cc1. The fourth-order valence-corrected chi connectivity index (χ4v) is 2.47. The van der Waals surface area contributed by atoms with Gasteiger partial charge in [-0.2, -0.15) is 0 Å². The minimum atomic E-state index is -0.377. The molecule has 114 valence electrons. The maximum atomic E-state index is 11.4. The zero-order chi connectivity index (χ0) is 15.4. The Balaban J connectivity index is 2.13. The summed E-state index contributed by atoms with van der Waals surface area (Å²) < 4.78 is 4.70. The number of nitrogens with zero attached hydrogens (tertiary/aromatic N) is 2. The first-order chi connectivity index (χ1) is 10.0. The molecule has 1 fully saturated rings. The highest BCUT2D eigenvalue weighted by molar-refractivity contribution is 5.89. The van der Waals surface area contributed by atoms with Gasteiger partial charge in [0, 0.05) is 39.1 Å². The van der Waals surface area contributed by atoms with E-state index in [-0.39, 0.29) is 12.1 Å². The van der Waals surface area contributed by atoms with Crippen LogP contribution >= 0.6 is 0 Å². The van der Waals surface area contributed by atoms with Gasteiger partial charge in [0.2, 0.25) is 0 Å². The summed E-state index contributed by atoms with van der Waals surface area (Å²) in [6.07, 6.45) is 2.30. The highest BCUT2D eigenvalue weighted by atomic mass is 16.5. The third-order valence-corrected chi connectivity index (χ3v) is 3.55. The molecule has 5 heteroatoms. The van der Waals surface area contributed by atoms with Crippen molar-refractivity contribution >= 4 is 11.7 Å². The molecule has 1 N–H and O–H groups in total. The van der Waals surface area contributed by atoms with Gasteiger partial charge in [0.15, 0.2) is 0 Å². The van der Waals surface area contributed by atoms with E-state index in [1.165, 1.54) is 7.11 Å². The number of esters is 1. The maximum Gasteiger partial charge on any atom is 0.337 e. The van der Waals surface area contributed by atoms with Crippen LogP contribution in [0.5, 0.6) is 0 Å². The summed E-state index contributed by atoms with van der Waals surface area (Å²) in [5.74, 6) is -0.330. The molecule has 1 aromatic carbocycles. The molecule has 0 saturated carbocycles. The Morgan fingerprint density at radius 3 is 2.62 bits per heavy atom. The standard InChI is InChI=1S/C16H22N2O3/c1-17(2)10-13-11-18(9-8-15(13)19)14-6-4-12(5-7-14)16(20)21-3/h4-7,10,15,19H,8-9,11H2,1-3H3/b13-10+. The van der Waals surface area contributed by atoms with E-state index in [4.69, 9.17) is 4.74 Å². The molecule has 5 nitrogen and oxygen atoms in total. The number of hydrogen-bond donors (Lipinski definition) is 1. The van der Waals surface area contributed by atoms with Crippen molar-refractivity contribution in [2.45, 2.75) is 12.5 Å². The fraction of sp³-hybridized carbons (Fsp3) is 0.438. The average Bonchev–Trinajstić information content (AvgIpc) is 2.48. The van der Waals surface area contributed by atoms with Crippen molar-refractivity contribution in [3.8, 4) is 0 Å². The highest BCUT2D eigenvalue weighted by Crippen LogP contribution is 2.23. The van der Waals surface area contributed by atoms with Gasteiger partial charge in [0.25, 0.3) is 0 Å². The molecular weight excluding hydrogens is 268 g/mol. The summed E-state index contributed by atoms with van der Waals surface area (Å²) in [7, 11) is 5.27. The second-order valence-electron chi connectivity index (χ2n) is 5.43. The first-order valence-electron chi connectivity index (χ1n) is 6.99. The molecule has 1 saturated heterocycles. The average molecular weight is 290 g/mol. The predicted molar refractivity (Wildman–Crippen MR) is 82.4 cm³/mol. The van der Waals surface area contributed by atoms with E-state index in [0.29, 0.717) is 18.5 Å². The maximum absolute atomic E-state index is 11.4. The van der Waals surface area contributed by atoms with Gasteiger partial charge in [0.05, 0.1) is 18.8 Å². The molecule has 0 spiro atoms. The number of carbonyl (C=O) groups is 1. The summed E-state index contributed by atoms with van der Waals surface area (Å²) in [4.78, 5) is 15.6. The number of carbonyl (C=O) groups excluding carboxylic acids is 1. The molecule has 1 unspecified atom stereocenters. The van der Waals surface area contributed by atoms with Crippen molar-refractivity contribution in [3.63, 3.8) is 0 Å². The molecule has 0 bridgehead atoms. The minimum Gasteiger partial charge on any atom is -0.465 e. The van der Waals surface area contributed by atoms with Crippen molar-refractivity contribution in [2.75, 3.05) is 39.2 Å². The summed E-state index contributed by atoms with van der Waals surface area (Å²) >= 11 is 0. The van der Waals surface area contributed by atoms with Gasteiger partial charge >= 0.3 is 5.97 Å². The second kappa shape index (κ2) is 6.63. The third-order valence-electron chi connectivity index (χ3n) is 3.55. The van der Waals surface area contributed by atoms with Gasteiger partial charge in [0.1, 0.15) is 0 Å². The number of aliphatic hydroxyl groups excluding tert-OH is 1. The predicted octanol–water partition coefficient (Wildman–Crippen LogP) is 1.49. The van der Waals surface area contributed by atoms with Gasteiger partial charge in [-0.1, -0.05) is 0 Å². The number of anilines is 1. The summed E-state index contributed by atoms with van der Waals surface area (Å²) in [5, 5.41) is 10.0. The van der Waals surface area contributed by atoms with E-state index in [2.05, 4.69) is 4.90 Å². The van der Waals surface area contributed by atoms with Crippen LogP contribution in [0.2, 0.25) is 0 Å². The second-order valence-corrected chi connectivity index (χ2v) is 5.43. The molecule has 1 heterocycles. The van der Waals surface area contributed by atoms with Crippen LogP contribution in [0.25, 0.3) is 0 Å². The zero-order valence-electron chi connectivity index (χ0n) is 12.7. The fourth-order valence-electron chi connectivity index (χ4n) is 2.47. The van der Waals surface area contributed by atoms with Crippen LogP contribution in [0.15, 0.2) is 36.0 Å². The van der Waals surface area contributed by atoms with Crippen LogP contribution in [-0.4, -0.2) is 56.4 Å². The lowest BCUT2D eigenvalue weighted by atomic mass is 10.0. The Labute approximate surface area is 125 Å². The Hall–Kier alpha value is -2.01. The quantitative estimate of drug-likeness (QED) is 0.855. The molecule has 1 aliphatic rings. The molecular formula is C16H22N2O3. The lowest BCUT2D eigenvalue weighted by Crippen LogP contribution is -2.38. The van der Waals surface area contributed by atoms with Crippen LogP contribution in [0.3, 0.4) is 0 Å². The number of aliphatic hydroxyl groups is 1. The van der Waals surface area contributed by atoms with Crippen molar-refractivity contribution in [3.05, 3.63) is 41.6 Å². The third kappa shape index (κ3) is 3.76. The lowest BCUT2D eigenvalue weighted by Gasteiger charge is -2.34. The molecule has 0 aliphatic carbocycles. The van der Waals surface area contributed by atoms with Crippen LogP contribution in [-0.2, 0) is 4.74 Å². The minimum absolute atomic E-state index is 0.330. The smallest absolute Gasteiger partial charge is 0.337 e. The Bertz CT molecular complexity index is 523. The summed E-state index contributed by atoms with van der Waals surface area (Å²) in [6, 6.07) is 7.36. The first-order valence-corrected chi connectivity index (χ1v) is 6.99. The Morgan fingerprint density at radius 2 is 2.05 bits per heavy atom. The molecule has 2 rings (SSSR count). The van der Waals surface area contributed by atoms with Gasteiger partial charge < -0.3 is 19.6 Å². The van der Waals surface area contributed by atoms with E-state index in [9.17, 15) is 9.90 Å². The van der Waals surface area contributed by atoms with Gasteiger partial charge in [-0.15, -0.1) is 0 Å². The lowest BCUT2D eigenvalue weighted by molar-refractivity contribution is 0.0601. The van der Waals surface area contributed by atoms with Gasteiger partial charge in [-0.25, -0.2) is 4.79 Å². The number of piperidine rings is 1. The number of methoxy groups -OCH3 is 1. The molecule has 0 aromatic heterocycles. The topological polar surface area (TPSA) is 53.0 Å². The summed E-state index contributed by atoms with van der Waals surface area (Å²) in [5.41, 5.74) is 2.59. The van der Waals surface area contributed by atoms with Crippen molar-refractivity contribution in [1.82, 2.24) is 4.90 Å². The van der Waals surface area contributed by atoms with E-state index in [1.54, 1.807) is 12.1 Å². The first kappa shape index (κ1) is 15.4. The van der Waals surface area contributed by atoms with Crippen molar-refractivity contribution < 1.29 is 14.6 Å². The van der Waals surface area contributed by atoms with E-state index < -0.39 is 0 Å². The highest BCUT2D eigenvalue weighted by Gasteiger charge is 2.22. The molecule has 0 amide bonds. The molecule has 0 radical (unpaired) electrons. The number of benzene rings is 1. The van der Waals surface area contributed by atoms with Crippen LogP contribution in [0.4, 0.5) is 5.69 Å². The number of ether oxygens (including phenoxy) is 1. The number of hydrogen-bond acceptors (Lipinski definition) is 5. The molecule has 1 aromatic rings. The van der Waals surface area contributed by atoms with E-state index in [1.807, 2.05) is 37.3 Å². The Morgan fingerprint density at radius 1 is 1.38 bits per heavy atom. The number of rotatable bonds is 3. The van der Waals surface area contributed by atoms with Crippen LogP contribution in [0, 0.1) is 0 Å². The van der Waals surface area contributed by atoms with Gasteiger partial charge in [-0.3, -0.25) is 0 Å². The zero-order valence-corrected chi connectivity index (χ0v) is 12.7. The van der Waals surface area contributed by atoms with E-state index in [0.717, 1.165) is 17.8 Å². The summed E-state index contributed by atoms with van der Waals surface area (Å²) in [6.45, 7) is 1.49. The van der Waals surface area contributed by atoms with Crippen LogP contribution < -0.4 is 4.90 Å². The molecule has 1 aliphatic heterocycles. The van der Waals surface area contributed by atoms with E-state index >= 15 is 0 Å². The normalized spacial score (nSPS) is 20.5. The Kier molecular flexibility index (Phi) is 4.85. The monoisotopic (exact) mass is 290 g/mol. The van der Waals surface area contributed by atoms with Crippen molar-refractivity contribution in [1.29, 1.82) is 0 Å². The molecule has 1 atom stereocenters.